The molecule has 0 aliphatic carbocycles. The summed E-state index contributed by atoms with van der Waals surface area (Å²) in [6.07, 6.45) is 0. The zero-order chi connectivity index (χ0) is 26.8. The second-order valence-electron chi connectivity index (χ2n) is 8.51. The smallest absolute Gasteiger partial charge is 0.338 e. The Balaban J connectivity index is 1.70. The largest absolute Gasteiger partial charge is 0.497 e. The lowest BCUT2D eigenvalue weighted by Crippen LogP contribution is -2.30. The molecule has 2 heterocycles. The normalized spacial score (nSPS) is 14.3. The molecule has 1 aliphatic rings. The predicted octanol–water partition coefficient (Wildman–Crippen LogP) is 5.03. The maximum Gasteiger partial charge on any atom is 0.338 e. The molecule has 0 saturated carbocycles. The van der Waals surface area contributed by atoms with Crippen LogP contribution in [0.15, 0.2) is 66.7 Å². The first-order chi connectivity index (χ1) is 18.5. The van der Waals surface area contributed by atoms with Crippen LogP contribution in [0.5, 0.6) is 17.2 Å². The molecule has 0 spiro atoms. The van der Waals surface area contributed by atoms with Crippen molar-refractivity contribution in [1.82, 2.24) is 10.2 Å². The average molecular weight is 514 g/mol. The highest BCUT2D eigenvalue weighted by atomic mass is 16.5. The molecule has 1 aliphatic heterocycles. The summed E-state index contributed by atoms with van der Waals surface area (Å²) in [6, 6.07) is 19.1. The molecule has 1 amide bonds. The summed E-state index contributed by atoms with van der Waals surface area (Å²) in [7, 11) is 4.76. The van der Waals surface area contributed by atoms with Crippen molar-refractivity contribution in [3.05, 3.63) is 89.1 Å². The number of fused-ring (bicyclic) bond motifs is 1. The summed E-state index contributed by atoms with van der Waals surface area (Å²) < 4.78 is 21.9. The quantitative estimate of drug-likeness (QED) is 0.330. The first-order valence-electron chi connectivity index (χ1n) is 12.1. The number of amides is 1. The Labute approximate surface area is 219 Å². The number of aromatic amines is 1. The Kier molecular flexibility index (Phi) is 6.74. The van der Waals surface area contributed by atoms with E-state index in [4.69, 9.17) is 18.9 Å². The van der Waals surface area contributed by atoms with Crippen molar-refractivity contribution in [2.24, 2.45) is 0 Å². The van der Waals surface area contributed by atoms with E-state index in [9.17, 15) is 9.59 Å². The van der Waals surface area contributed by atoms with E-state index in [0.29, 0.717) is 51.0 Å². The van der Waals surface area contributed by atoms with Gasteiger partial charge in [0, 0.05) is 16.8 Å². The molecule has 0 radical (unpaired) electrons. The molecule has 38 heavy (non-hydrogen) atoms. The number of methoxy groups -OCH3 is 3. The molecule has 1 aromatic heterocycles. The van der Waals surface area contributed by atoms with Crippen LogP contribution in [0, 0.1) is 0 Å². The number of nitrogens with one attached hydrogen (secondary N) is 1. The fourth-order valence-electron chi connectivity index (χ4n) is 4.78. The van der Waals surface area contributed by atoms with Crippen LogP contribution in [-0.4, -0.2) is 50.0 Å². The lowest BCUT2D eigenvalue weighted by atomic mass is 9.94. The van der Waals surface area contributed by atoms with E-state index in [-0.39, 0.29) is 12.5 Å². The van der Waals surface area contributed by atoms with Crippen LogP contribution in [-0.2, 0) is 4.74 Å². The zero-order valence-electron chi connectivity index (χ0n) is 21.5. The van der Waals surface area contributed by atoms with Crippen molar-refractivity contribution in [2.45, 2.75) is 13.0 Å². The first-order valence-corrected chi connectivity index (χ1v) is 12.1. The number of carbonyl (C=O) groups is 2. The monoisotopic (exact) mass is 513 g/mol. The first kappa shape index (κ1) is 24.9. The third-order valence-corrected chi connectivity index (χ3v) is 6.53. The Bertz CT molecular complexity index is 1460. The number of anilines is 1. The summed E-state index contributed by atoms with van der Waals surface area (Å²) in [5.74, 6) is 1.14. The minimum atomic E-state index is -0.632. The molecule has 1 N–H and O–H groups in total. The number of ether oxygens (including phenoxy) is 4. The summed E-state index contributed by atoms with van der Waals surface area (Å²) in [5.41, 5.74) is 4.16. The van der Waals surface area contributed by atoms with Gasteiger partial charge in [0.25, 0.3) is 5.91 Å². The van der Waals surface area contributed by atoms with Crippen LogP contribution in [0.25, 0.3) is 11.3 Å². The number of H-pyrrole nitrogens is 1. The van der Waals surface area contributed by atoms with Crippen LogP contribution < -0.4 is 19.1 Å². The van der Waals surface area contributed by atoms with E-state index >= 15 is 0 Å². The summed E-state index contributed by atoms with van der Waals surface area (Å²) in [4.78, 5) is 27.8. The molecule has 0 fully saturated rings. The van der Waals surface area contributed by atoms with E-state index in [1.54, 1.807) is 57.4 Å². The molecule has 194 valence electrons. The molecule has 0 saturated heterocycles. The van der Waals surface area contributed by atoms with Crippen LogP contribution in [0.2, 0.25) is 0 Å². The van der Waals surface area contributed by atoms with Crippen molar-refractivity contribution in [3.63, 3.8) is 0 Å². The van der Waals surface area contributed by atoms with E-state index in [1.165, 1.54) is 0 Å². The minimum Gasteiger partial charge on any atom is -0.497 e. The van der Waals surface area contributed by atoms with Crippen LogP contribution in [0.4, 0.5) is 5.69 Å². The van der Waals surface area contributed by atoms with E-state index in [2.05, 4.69) is 10.2 Å². The number of esters is 1. The molecule has 4 aromatic rings. The van der Waals surface area contributed by atoms with E-state index in [1.807, 2.05) is 42.5 Å². The number of hydrogen-bond donors (Lipinski definition) is 1. The minimum absolute atomic E-state index is 0.269. The van der Waals surface area contributed by atoms with Gasteiger partial charge < -0.3 is 18.9 Å². The Morgan fingerprint density at radius 2 is 1.55 bits per heavy atom. The molecule has 1 unspecified atom stereocenters. The molecule has 9 heteroatoms. The van der Waals surface area contributed by atoms with Gasteiger partial charge in [-0.3, -0.25) is 14.8 Å². The molecular weight excluding hydrogens is 486 g/mol. The van der Waals surface area contributed by atoms with Crippen molar-refractivity contribution < 1.29 is 28.5 Å². The molecule has 9 nitrogen and oxygen atoms in total. The number of aromatic nitrogens is 2. The highest BCUT2D eigenvalue weighted by Crippen LogP contribution is 2.50. The maximum absolute atomic E-state index is 13.9. The predicted molar refractivity (Wildman–Crippen MR) is 141 cm³/mol. The van der Waals surface area contributed by atoms with Gasteiger partial charge in [0.2, 0.25) is 0 Å². The van der Waals surface area contributed by atoms with E-state index < -0.39 is 12.0 Å². The molecule has 3 aromatic carbocycles. The number of benzene rings is 3. The van der Waals surface area contributed by atoms with Gasteiger partial charge in [-0.15, -0.1) is 0 Å². The number of carbonyl (C=O) groups excluding carboxylic acids is 2. The Hall–Kier alpha value is -4.79. The molecule has 5 rings (SSSR count). The summed E-state index contributed by atoms with van der Waals surface area (Å²) >= 11 is 0. The van der Waals surface area contributed by atoms with Crippen molar-refractivity contribution in [3.8, 4) is 28.5 Å². The second-order valence-corrected chi connectivity index (χ2v) is 8.51. The van der Waals surface area contributed by atoms with E-state index in [0.717, 1.165) is 5.56 Å². The van der Waals surface area contributed by atoms with Crippen molar-refractivity contribution in [1.29, 1.82) is 0 Å². The fourth-order valence-corrected chi connectivity index (χ4v) is 4.78. The fraction of sp³-hybridized carbons (Fsp3) is 0.207. The van der Waals surface area contributed by atoms with Gasteiger partial charge in [-0.05, 0) is 67.6 Å². The second kappa shape index (κ2) is 10.3. The lowest BCUT2D eigenvalue weighted by Gasteiger charge is -2.29. The van der Waals surface area contributed by atoms with Gasteiger partial charge >= 0.3 is 5.97 Å². The summed E-state index contributed by atoms with van der Waals surface area (Å²) in [6.45, 7) is 2.03. The summed E-state index contributed by atoms with van der Waals surface area (Å²) in [5, 5.41) is 7.49. The molecular formula is C29H27N3O6. The van der Waals surface area contributed by atoms with Gasteiger partial charge in [-0.25, -0.2) is 4.79 Å². The number of rotatable bonds is 8. The van der Waals surface area contributed by atoms with Crippen LogP contribution in [0.1, 0.15) is 44.9 Å². The van der Waals surface area contributed by atoms with Crippen LogP contribution >= 0.6 is 0 Å². The zero-order valence-corrected chi connectivity index (χ0v) is 21.5. The van der Waals surface area contributed by atoms with Gasteiger partial charge in [-0.1, -0.05) is 6.07 Å². The highest BCUT2D eigenvalue weighted by Gasteiger charge is 2.45. The third-order valence-electron chi connectivity index (χ3n) is 6.53. The average Bonchev–Trinajstić information content (AvgIpc) is 3.51. The van der Waals surface area contributed by atoms with Crippen molar-refractivity contribution >= 4 is 17.6 Å². The van der Waals surface area contributed by atoms with Gasteiger partial charge in [-0.2, -0.15) is 5.10 Å². The number of hydrogen-bond acceptors (Lipinski definition) is 7. The number of nitrogens with zero attached hydrogens (tertiary/aromatic N) is 2. The third kappa shape index (κ3) is 4.11. The lowest BCUT2D eigenvalue weighted by molar-refractivity contribution is 0.0526. The Morgan fingerprint density at radius 1 is 0.895 bits per heavy atom. The maximum atomic E-state index is 13.9. The highest BCUT2D eigenvalue weighted by molar-refractivity contribution is 6.12. The topological polar surface area (TPSA) is 103 Å². The van der Waals surface area contributed by atoms with Gasteiger partial charge in [0.05, 0.1) is 50.8 Å². The van der Waals surface area contributed by atoms with Crippen molar-refractivity contribution in [2.75, 3.05) is 32.8 Å². The van der Waals surface area contributed by atoms with Crippen LogP contribution in [0.3, 0.4) is 0 Å². The standard InChI is InChI=1S/C29H27N3O6/c1-5-38-29(34)18-9-13-19(14-10-18)32-27(23-21(36-3)7-6-8-22(23)37-4)24-25(30-31-26(24)28(32)33)17-11-15-20(35-2)16-12-17/h6-16,27H,5H2,1-4H3,(H,30,31). The van der Waals surface area contributed by atoms with Gasteiger partial charge in [0.15, 0.2) is 0 Å². The SMILES string of the molecule is CCOC(=O)c1ccc(N2C(=O)c3[nH]nc(-c4ccc(OC)cc4)c3C2c2c(OC)cccc2OC)cc1. The Morgan fingerprint density at radius 3 is 2.13 bits per heavy atom. The van der Waals surface area contributed by atoms with Gasteiger partial charge in [0.1, 0.15) is 22.9 Å². The molecule has 1 atom stereocenters. The molecule has 0 bridgehead atoms.